The van der Waals surface area contributed by atoms with Crippen molar-refractivity contribution >= 4 is 23.3 Å². The predicted molar refractivity (Wildman–Crippen MR) is 193 cm³/mol. The van der Waals surface area contributed by atoms with Crippen LogP contribution in [0.5, 0.6) is 0 Å². The van der Waals surface area contributed by atoms with E-state index < -0.39 is 11.8 Å². The maximum Gasteiger partial charge on any atom is 0.271 e. The van der Waals surface area contributed by atoms with Crippen LogP contribution in [0.2, 0.25) is 0 Å². The van der Waals surface area contributed by atoms with Crippen LogP contribution in [0.15, 0.2) is 88.7 Å². The summed E-state index contributed by atoms with van der Waals surface area (Å²) in [5.41, 5.74) is 9.99. The Morgan fingerprint density at radius 1 is 1.15 bits per heavy atom. The number of pyridine rings is 1. The molecule has 3 N–H and O–H groups in total. The van der Waals surface area contributed by atoms with Gasteiger partial charge >= 0.3 is 0 Å². The van der Waals surface area contributed by atoms with Gasteiger partial charge in [-0.25, -0.2) is 18.8 Å². The van der Waals surface area contributed by atoms with Gasteiger partial charge in [-0.1, -0.05) is 87.0 Å². The molecule has 0 saturated heterocycles. The summed E-state index contributed by atoms with van der Waals surface area (Å²) in [5, 5.41) is 2.67. The number of nitrogens with zero attached hydrogens (tertiary/aromatic N) is 4. The Labute approximate surface area is 281 Å². The van der Waals surface area contributed by atoms with Gasteiger partial charge in [0.25, 0.3) is 11.8 Å². The van der Waals surface area contributed by atoms with Crippen LogP contribution < -0.4 is 11.1 Å². The van der Waals surface area contributed by atoms with E-state index in [9.17, 15) is 13.6 Å². The lowest BCUT2D eigenvalue weighted by Crippen LogP contribution is -2.34. The lowest BCUT2D eigenvalue weighted by atomic mass is 9.85. The molecular formula is C38H56F2N6O. The van der Waals surface area contributed by atoms with Crippen LogP contribution in [0.4, 0.5) is 14.6 Å². The van der Waals surface area contributed by atoms with Crippen LogP contribution in [-0.2, 0) is 10.7 Å². The number of alkyl halides is 2. The Bertz CT molecular complexity index is 1400. The van der Waals surface area contributed by atoms with E-state index in [2.05, 4.69) is 68.0 Å². The van der Waals surface area contributed by atoms with Gasteiger partial charge in [0, 0.05) is 48.9 Å². The van der Waals surface area contributed by atoms with E-state index in [4.69, 9.17) is 10.7 Å². The summed E-state index contributed by atoms with van der Waals surface area (Å²) in [7, 11) is 0. The van der Waals surface area contributed by atoms with Crippen molar-refractivity contribution in [3.63, 3.8) is 0 Å². The highest BCUT2D eigenvalue weighted by Crippen LogP contribution is 2.36. The topological polar surface area (TPSA) is 96.0 Å². The van der Waals surface area contributed by atoms with Gasteiger partial charge in [-0.2, -0.15) is 0 Å². The molecule has 0 saturated carbocycles. The van der Waals surface area contributed by atoms with Gasteiger partial charge in [0.2, 0.25) is 0 Å². The van der Waals surface area contributed by atoms with Crippen molar-refractivity contribution in [1.82, 2.24) is 9.88 Å². The first-order chi connectivity index (χ1) is 22.2. The molecule has 1 aliphatic rings. The molecule has 1 amide bonds. The highest BCUT2D eigenvalue weighted by molar-refractivity contribution is 6.43. The molecule has 0 spiro atoms. The molecule has 7 nitrogen and oxygen atoms in total. The Balaban J connectivity index is 2.69. The smallest absolute Gasteiger partial charge is 0.271 e. The van der Waals surface area contributed by atoms with Gasteiger partial charge in [-0.05, 0) is 66.7 Å². The SMILES string of the molecule is C=CC(=C\N=C(C(=O)Nc1cc(C(C)(F)F)ccn1)C(C)CC)/C(=C1\C(N)=NC=CN1C(=C)C(CCCC)CC(C)CC)C(C)CC. The van der Waals surface area contributed by atoms with Crippen molar-refractivity contribution in [2.75, 3.05) is 5.32 Å². The van der Waals surface area contributed by atoms with Gasteiger partial charge in [-0.15, -0.1) is 0 Å². The number of hydrogen-bond donors (Lipinski definition) is 2. The lowest BCUT2D eigenvalue weighted by molar-refractivity contribution is -0.110. The number of nitrogens with one attached hydrogen (secondary N) is 1. The monoisotopic (exact) mass is 650 g/mol. The van der Waals surface area contributed by atoms with Crippen LogP contribution in [0, 0.1) is 23.7 Å². The third-order valence-corrected chi connectivity index (χ3v) is 9.04. The van der Waals surface area contributed by atoms with Crippen molar-refractivity contribution in [3.8, 4) is 0 Å². The fourth-order valence-electron chi connectivity index (χ4n) is 5.45. The molecule has 9 heteroatoms. The maximum atomic E-state index is 13.9. The predicted octanol–water partition coefficient (Wildman–Crippen LogP) is 9.89. The number of hydrogen-bond acceptors (Lipinski definition) is 6. The van der Waals surface area contributed by atoms with Crippen LogP contribution in [0.25, 0.3) is 0 Å². The number of allylic oxidation sites excluding steroid dienone is 4. The average molecular weight is 651 g/mol. The molecule has 1 aliphatic heterocycles. The van der Waals surface area contributed by atoms with Crippen molar-refractivity contribution in [3.05, 3.63) is 84.3 Å². The molecule has 1 aromatic heterocycles. The Morgan fingerprint density at radius 2 is 1.83 bits per heavy atom. The number of rotatable bonds is 18. The van der Waals surface area contributed by atoms with E-state index >= 15 is 0 Å². The number of amides is 1. The molecule has 2 heterocycles. The minimum absolute atomic E-state index is 0.0301. The number of carbonyl (C=O) groups excluding carboxylic acids is 1. The molecular weight excluding hydrogens is 594 g/mol. The van der Waals surface area contributed by atoms with Gasteiger partial charge < -0.3 is 16.0 Å². The maximum absolute atomic E-state index is 13.9. The van der Waals surface area contributed by atoms with Gasteiger partial charge in [0.15, 0.2) is 0 Å². The fourth-order valence-corrected chi connectivity index (χ4v) is 5.45. The number of unbranched alkanes of at least 4 members (excludes halogenated alkanes) is 1. The van der Waals surface area contributed by atoms with E-state index in [-0.39, 0.29) is 34.8 Å². The molecule has 4 unspecified atom stereocenters. The summed E-state index contributed by atoms with van der Waals surface area (Å²) in [6, 6.07) is 2.41. The first-order valence-corrected chi connectivity index (χ1v) is 17.0. The van der Waals surface area contributed by atoms with Gasteiger partial charge in [0.05, 0.1) is 5.70 Å². The number of amidine groups is 1. The zero-order valence-electron chi connectivity index (χ0n) is 29.7. The third kappa shape index (κ3) is 10.8. The third-order valence-electron chi connectivity index (χ3n) is 9.04. The molecule has 0 aliphatic carbocycles. The van der Waals surface area contributed by atoms with Crippen LogP contribution in [0.3, 0.4) is 0 Å². The Kier molecular flexibility index (Phi) is 15.4. The number of halogens is 2. The quantitative estimate of drug-likeness (QED) is 0.122. The normalized spacial score (nSPS) is 17.8. The number of aliphatic imine (C=N–C) groups is 2. The van der Waals surface area contributed by atoms with Crippen molar-refractivity contribution in [2.24, 2.45) is 39.4 Å². The summed E-state index contributed by atoms with van der Waals surface area (Å²) in [6.45, 7) is 24.3. The number of nitrogens with two attached hydrogens (primary N) is 1. The van der Waals surface area contributed by atoms with E-state index in [0.29, 0.717) is 23.7 Å². The number of aromatic nitrogens is 1. The average Bonchev–Trinajstić information content (AvgIpc) is 3.05. The summed E-state index contributed by atoms with van der Waals surface area (Å²) < 4.78 is 27.9. The van der Waals surface area contributed by atoms with Gasteiger partial charge in [-0.3, -0.25) is 9.79 Å². The first-order valence-electron chi connectivity index (χ1n) is 17.0. The van der Waals surface area contributed by atoms with Crippen LogP contribution in [0.1, 0.15) is 106 Å². The molecule has 1 aromatic rings. The largest absolute Gasteiger partial charge is 0.382 e. The molecule has 0 fully saturated rings. The first kappa shape index (κ1) is 39.3. The summed E-state index contributed by atoms with van der Waals surface area (Å²) in [6.07, 6.45) is 15.0. The zero-order chi connectivity index (χ0) is 35.3. The van der Waals surface area contributed by atoms with E-state index in [1.807, 2.05) is 20.0 Å². The molecule has 0 radical (unpaired) electrons. The molecule has 0 aromatic carbocycles. The second-order valence-electron chi connectivity index (χ2n) is 12.7. The van der Waals surface area contributed by atoms with Crippen molar-refractivity contribution in [2.45, 2.75) is 106 Å². The second kappa shape index (κ2) is 18.5. The van der Waals surface area contributed by atoms with E-state index in [1.54, 1.807) is 18.5 Å². The molecule has 0 bridgehead atoms. The van der Waals surface area contributed by atoms with Gasteiger partial charge in [0.1, 0.15) is 17.4 Å². The summed E-state index contributed by atoms with van der Waals surface area (Å²) in [4.78, 5) is 28.9. The molecule has 4 atom stereocenters. The molecule has 258 valence electrons. The summed E-state index contributed by atoms with van der Waals surface area (Å²) >= 11 is 0. The van der Waals surface area contributed by atoms with E-state index in [1.165, 1.54) is 18.3 Å². The number of anilines is 1. The highest BCUT2D eigenvalue weighted by Gasteiger charge is 2.30. The van der Waals surface area contributed by atoms with E-state index in [0.717, 1.165) is 62.4 Å². The standard InChI is InChI=1S/C38H56F2N6O/c1-11-16-17-30(22-25(6)12-2)28(9)46-21-20-43-36(41)35(46)33(26(7)13-3)29(15-5)24-44-34(27(8)14-4)37(47)45-32-23-31(18-19-42-32)38(10,39)40/h15,18-21,23-27,30H,5,9,11-14,16-17,22H2,1-4,6-8,10H3,(H2,41,43)(H,42,45,47)/b29-24+,35-33+,44-34?. The zero-order valence-corrected chi connectivity index (χ0v) is 29.7. The van der Waals surface area contributed by atoms with Crippen molar-refractivity contribution in [1.29, 1.82) is 0 Å². The Morgan fingerprint density at radius 3 is 2.40 bits per heavy atom. The Hall–Kier alpha value is -3.88. The highest BCUT2D eigenvalue weighted by atomic mass is 19.3. The minimum atomic E-state index is -3.07. The number of carbonyl (C=O) groups is 1. The van der Waals surface area contributed by atoms with Crippen molar-refractivity contribution < 1.29 is 13.6 Å². The van der Waals surface area contributed by atoms with Crippen LogP contribution >= 0.6 is 0 Å². The molecule has 47 heavy (non-hydrogen) atoms. The summed E-state index contributed by atoms with van der Waals surface area (Å²) in [5.74, 6) is -2.56. The fraction of sp³-hybridized carbons (Fsp3) is 0.526. The lowest BCUT2D eigenvalue weighted by Gasteiger charge is -2.36. The second-order valence-corrected chi connectivity index (χ2v) is 12.7. The van der Waals surface area contributed by atoms with Crippen LogP contribution in [-0.4, -0.2) is 27.3 Å². The minimum Gasteiger partial charge on any atom is -0.382 e. The molecule has 2 rings (SSSR count).